The van der Waals surface area contributed by atoms with E-state index in [-0.39, 0.29) is 6.54 Å². The number of hydrogen-bond acceptors (Lipinski definition) is 3. The average Bonchev–Trinajstić information content (AvgIpc) is 2.60. The molecule has 3 N–H and O–H groups in total. The van der Waals surface area contributed by atoms with E-state index >= 15 is 0 Å². The lowest BCUT2D eigenvalue weighted by Crippen LogP contribution is -2.30. The van der Waals surface area contributed by atoms with E-state index in [4.69, 9.17) is 10.8 Å². The van der Waals surface area contributed by atoms with Crippen molar-refractivity contribution in [3.8, 4) is 0 Å². The first kappa shape index (κ1) is 9.93. The Morgan fingerprint density at radius 2 is 2.36 bits per heavy atom. The zero-order valence-electron chi connectivity index (χ0n) is 8.41. The summed E-state index contributed by atoms with van der Waals surface area (Å²) < 4.78 is 0. The zero-order chi connectivity index (χ0) is 10.2. The van der Waals surface area contributed by atoms with Crippen LogP contribution in [0.25, 0.3) is 0 Å². The SMILES string of the molecule is NC1CCC2(CCN(CC(=O)O)C2)C1. The highest BCUT2D eigenvalue weighted by atomic mass is 16.4. The second-order valence-electron chi connectivity index (χ2n) is 4.86. The average molecular weight is 198 g/mol. The van der Waals surface area contributed by atoms with E-state index in [0.717, 1.165) is 32.4 Å². The largest absolute Gasteiger partial charge is 0.480 e. The van der Waals surface area contributed by atoms with Gasteiger partial charge in [0.25, 0.3) is 0 Å². The molecule has 1 aliphatic heterocycles. The van der Waals surface area contributed by atoms with E-state index in [0.29, 0.717) is 11.5 Å². The predicted molar refractivity (Wildman–Crippen MR) is 53.0 cm³/mol. The van der Waals surface area contributed by atoms with Crippen LogP contribution in [0.5, 0.6) is 0 Å². The van der Waals surface area contributed by atoms with Gasteiger partial charge in [-0.1, -0.05) is 0 Å². The summed E-state index contributed by atoms with van der Waals surface area (Å²) in [6.45, 7) is 2.06. The number of carboxylic acids is 1. The first-order chi connectivity index (χ1) is 6.60. The number of aliphatic carboxylic acids is 1. The maximum Gasteiger partial charge on any atom is 0.317 e. The molecule has 0 aromatic heterocycles. The molecule has 1 aliphatic carbocycles. The molecule has 2 fully saturated rings. The van der Waals surface area contributed by atoms with Crippen molar-refractivity contribution in [1.29, 1.82) is 0 Å². The van der Waals surface area contributed by atoms with Crippen LogP contribution in [0.15, 0.2) is 0 Å². The van der Waals surface area contributed by atoms with Crippen molar-refractivity contribution in [3.63, 3.8) is 0 Å². The molecule has 80 valence electrons. The Balaban J connectivity index is 1.91. The molecule has 1 spiro atoms. The van der Waals surface area contributed by atoms with E-state index in [1.54, 1.807) is 0 Å². The van der Waals surface area contributed by atoms with Crippen LogP contribution in [0.1, 0.15) is 25.7 Å². The minimum Gasteiger partial charge on any atom is -0.480 e. The van der Waals surface area contributed by atoms with Crippen molar-refractivity contribution in [3.05, 3.63) is 0 Å². The fraction of sp³-hybridized carbons (Fsp3) is 0.900. The predicted octanol–water partition coefficient (Wildman–Crippen LogP) is 0.274. The van der Waals surface area contributed by atoms with Crippen molar-refractivity contribution in [2.45, 2.75) is 31.7 Å². The third kappa shape index (κ3) is 1.91. The molecule has 4 nitrogen and oxygen atoms in total. The summed E-state index contributed by atoms with van der Waals surface area (Å²) in [5, 5.41) is 8.69. The van der Waals surface area contributed by atoms with Crippen LogP contribution >= 0.6 is 0 Å². The van der Waals surface area contributed by atoms with E-state index in [9.17, 15) is 4.79 Å². The van der Waals surface area contributed by atoms with Crippen LogP contribution in [0.3, 0.4) is 0 Å². The number of nitrogens with two attached hydrogens (primary N) is 1. The molecule has 0 aromatic carbocycles. The molecule has 0 radical (unpaired) electrons. The quantitative estimate of drug-likeness (QED) is 0.668. The number of likely N-dealkylation sites (tertiary alicyclic amines) is 1. The smallest absolute Gasteiger partial charge is 0.317 e. The highest BCUT2D eigenvalue weighted by Crippen LogP contribution is 2.44. The maximum atomic E-state index is 10.6. The Labute approximate surface area is 84.1 Å². The van der Waals surface area contributed by atoms with Crippen LogP contribution in [0.2, 0.25) is 0 Å². The first-order valence-electron chi connectivity index (χ1n) is 5.29. The van der Waals surface area contributed by atoms with Gasteiger partial charge in [0, 0.05) is 12.6 Å². The molecule has 1 saturated heterocycles. The Bertz CT molecular complexity index is 244. The lowest BCUT2D eigenvalue weighted by atomic mass is 9.85. The fourth-order valence-electron chi connectivity index (χ4n) is 2.98. The van der Waals surface area contributed by atoms with Crippen LogP contribution < -0.4 is 5.73 Å². The maximum absolute atomic E-state index is 10.6. The van der Waals surface area contributed by atoms with Gasteiger partial charge in [0.2, 0.25) is 0 Å². The third-order valence-electron chi connectivity index (χ3n) is 3.62. The van der Waals surface area contributed by atoms with Crippen molar-refractivity contribution in [2.75, 3.05) is 19.6 Å². The minimum absolute atomic E-state index is 0.191. The monoisotopic (exact) mass is 198 g/mol. The van der Waals surface area contributed by atoms with Gasteiger partial charge in [-0.3, -0.25) is 9.69 Å². The Kier molecular flexibility index (Phi) is 2.49. The van der Waals surface area contributed by atoms with Crippen LogP contribution in [-0.4, -0.2) is 41.7 Å². The summed E-state index contributed by atoms with van der Waals surface area (Å²) in [6.07, 6.45) is 4.52. The van der Waals surface area contributed by atoms with Gasteiger partial charge in [-0.05, 0) is 37.6 Å². The molecule has 2 unspecified atom stereocenters. The number of carbonyl (C=O) groups is 1. The first-order valence-corrected chi connectivity index (χ1v) is 5.29. The summed E-state index contributed by atoms with van der Waals surface area (Å²) in [5.41, 5.74) is 6.26. The van der Waals surface area contributed by atoms with E-state index in [1.807, 2.05) is 4.90 Å². The van der Waals surface area contributed by atoms with Crippen molar-refractivity contribution in [2.24, 2.45) is 11.1 Å². The minimum atomic E-state index is -0.718. The van der Waals surface area contributed by atoms with Gasteiger partial charge in [-0.2, -0.15) is 0 Å². The van der Waals surface area contributed by atoms with Gasteiger partial charge in [0.1, 0.15) is 0 Å². The zero-order valence-corrected chi connectivity index (χ0v) is 8.41. The fourth-order valence-corrected chi connectivity index (χ4v) is 2.98. The van der Waals surface area contributed by atoms with Gasteiger partial charge < -0.3 is 10.8 Å². The number of hydrogen-bond donors (Lipinski definition) is 2. The van der Waals surface area contributed by atoms with Gasteiger partial charge in [-0.15, -0.1) is 0 Å². The topological polar surface area (TPSA) is 66.6 Å². The Hall–Kier alpha value is -0.610. The highest BCUT2D eigenvalue weighted by molar-refractivity contribution is 5.69. The second-order valence-corrected chi connectivity index (χ2v) is 4.86. The molecule has 1 saturated carbocycles. The van der Waals surface area contributed by atoms with E-state index in [2.05, 4.69) is 0 Å². The van der Waals surface area contributed by atoms with Crippen molar-refractivity contribution >= 4 is 5.97 Å². The normalized spacial score (nSPS) is 38.2. The third-order valence-corrected chi connectivity index (χ3v) is 3.62. The molecular weight excluding hydrogens is 180 g/mol. The second kappa shape index (κ2) is 3.51. The molecule has 1 heterocycles. The Morgan fingerprint density at radius 1 is 1.57 bits per heavy atom. The molecule has 4 heteroatoms. The summed E-state index contributed by atoms with van der Waals surface area (Å²) in [6, 6.07) is 0.347. The summed E-state index contributed by atoms with van der Waals surface area (Å²) >= 11 is 0. The van der Waals surface area contributed by atoms with Gasteiger partial charge in [-0.25, -0.2) is 0 Å². The van der Waals surface area contributed by atoms with Crippen molar-refractivity contribution < 1.29 is 9.90 Å². The summed E-state index contributed by atoms with van der Waals surface area (Å²) in [7, 11) is 0. The summed E-state index contributed by atoms with van der Waals surface area (Å²) in [5.74, 6) is -0.718. The van der Waals surface area contributed by atoms with Gasteiger partial charge in [0.15, 0.2) is 0 Å². The molecule has 2 atom stereocenters. The molecule has 0 amide bonds. The molecule has 0 aromatic rings. The standard InChI is InChI=1S/C10H18N2O2/c11-8-1-2-10(5-8)3-4-12(7-10)6-9(13)14/h8H,1-7,11H2,(H,13,14). The van der Waals surface area contributed by atoms with E-state index in [1.165, 1.54) is 6.42 Å². The number of nitrogens with zero attached hydrogens (tertiary/aromatic N) is 1. The molecule has 0 bridgehead atoms. The van der Waals surface area contributed by atoms with Gasteiger partial charge in [0.05, 0.1) is 6.54 Å². The molecule has 2 rings (SSSR count). The summed E-state index contributed by atoms with van der Waals surface area (Å²) in [4.78, 5) is 12.6. The van der Waals surface area contributed by atoms with Crippen molar-refractivity contribution in [1.82, 2.24) is 4.90 Å². The van der Waals surface area contributed by atoms with Crippen LogP contribution in [0.4, 0.5) is 0 Å². The van der Waals surface area contributed by atoms with Crippen LogP contribution in [-0.2, 0) is 4.79 Å². The number of rotatable bonds is 2. The van der Waals surface area contributed by atoms with E-state index < -0.39 is 5.97 Å². The van der Waals surface area contributed by atoms with Crippen LogP contribution in [0, 0.1) is 5.41 Å². The van der Waals surface area contributed by atoms with Gasteiger partial charge >= 0.3 is 5.97 Å². The Morgan fingerprint density at radius 3 is 2.93 bits per heavy atom. The number of carboxylic acid groups (broad SMARTS) is 1. The molecule has 2 aliphatic rings. The highest BCUT2D eigenvalue weighted by Gasteiger charge is 2.43. The molecule has 14 heavy (non-hydrogen) atoms. The lowest BCUT2D eigenvalue weighted by Gasteiger charge is -2.23. The lowest BCUT2D eigenvalue weighted by molar-refractivity contribution is -0.138. The molecular formula is C10H18N2O2.